The normalized spacial score (nSPS) is 22.9. The Morgan fingerprint density at radius 2 is 1.90 bits per heavy atom. The Morgan fingerprint density at radius 3 is 2.68 bits per heavy atom. The molecule has 2 atom stereocenters. The summed E-state index contributed by atoms with van der Waals surface area (Å²) >= 11 is 6.36. The second-order valence-electron chi connectivity index (χ2n) is 8.96. The maximum absolute atomic E-state index is 13.3. The molecule has 2 aromatic rings. The molecule has 1 saturated heterocycles. The van der Waals surface area contributed by atoms with E-state index in [2.05, 4.69) is 36.2 Å². The highest BCUT2D eigenvalue weighted by atomic mass is 35.5. The molecule has 4 nitrogen and oxygen atoms in total. The average molecular weight is 441 g/mol. The molecule has 0 bridgehead atoms. The number of hydrogen-bond donors (Lipinski definition) is 1. The first-order valence-corrected chi connectivity index (χ1v) is 12.0. The molecule has 0 saturated carbocycles. The van der Waals surface area contributed by atoms with Gasteiger partial charge in [-0.2, -0.15) is 0 Å². The minimum atomic E-state index is -0.213. The quantitative estimate of drug-likeness (QED) is 0.621. The van der Waals surface area contributed by atoms with E-state index < -0.39 is 0 Å². The molecule has 5 heteroatoms. The molecule has 166 valence electrons. The molecule has 1 fully saturated rings. The number of rotatable bonds is 6. The number of nitrogens with zero attached hydrogens (tertiary/aromatic N) is 1. The van der Waals surface area contributed by atoms with Crippen molar-refractivity contribution < 1.29 is 9.53 Å². The predicted molar refractivity (Wildman–Crippen MR) is 125 cm³/mol. The molecule has 1 amide bonds. The van der Waals surface area contributed by atoms with Crippen LogP contribution in [-0.2, 0) is 11.3 Å². The van der Waals surface area contributed by atoms with E-state index >= 15 is 0 Å². The van der Waals surface area contributed by atoms with Crippen LogP contribution >= 0.6 is 11.6 Å². The zero-order valence-corrected chi connectivity index (χ0v) is 19.3. The first-order valence-electron chi connectivity index (χ1n) is 11.6. The predicted octanol–water partition coefficient (Wildman–Crippen LogP) is 5.75. The van der Waals surface area contributed by atoms with E-state index in [1.807, 2.05) is 36.4 Å². The number of carbonyl (C=O) groups is 1. The fraction of sp³-hybridized carbons (Fsp3) is 0.500. The molecule has 1 N–H and O–H groups in total. The summed E-state index contributed by atoms with van der Waals surface area (Å²) in [5, 5.41) is 4.19. The van der Waals surface area contributed by atoms with Gasteiger partial charge >= 0.3 is 0 Å². The number of amides is 1. The Hall–Kier alpha value is -2.04. The number of piperidine rings is 1. The van der Waals surface area contributed by atoms with Crippen LogP contribution in [0.2, 0.25) is 5.02 Å². The molecule has 2 unspecified atom stereocenters. The molecule has 2 aliphatic heterocycles. The van der Waals surface area contributed by atoms with Gasteiger partial charge in [0.2, 0.25) is 5.91 Å². The van der Waals surface area contributed by atoms with Gasteiger partial charge in [0, 0.05) is 30.1 Å². The minimum Gasteiger partial charge on any atom is -0.487 e. The van der Waals surface area contributed by atoms with Crippen molar-refractivity contribution in [2.45, 2.75) is 64.1 Å². The standard InChI is InChI=1S/C26H33ClN2O2/c1-3-26(4-2)16-23(21-12-6-8-14-24(21)31-26)28-25(30)20-11-9-15-29(18-20)17-19-10-5-7-13-22(19)27/h5-8,10,12-14,20,23H,3-4,9,11,15-18H2,1-2H3,(H,28,30). The first-order chi connectivity index (χ1) is 15.0. The number of likely N-dealkylation sites (tertiary alicyclic amines) is 1. The topological polar surface area (TPSA) is 41.6 Å². The van der Waals surface area contributed by atoms with Gasteiger partial charge < -0.3 is 10.1 Å². The average Bonchev–Trinajstić information content (AvgIpc) is 2.80. The highest BCUT2D eigenvalue weighted by molar-refractivity contribution is 6.31. The fourth-order valence-corrected chi connectivity index (χ4v) is 5.20. The lowest BCUT2D eigenvalue weighted by atomic mass is 9.83. The van der Waals surface area contributed by atoms with Crippen molar-refractivity contribution in [2.24, 2.45) is 5.92 Å². The van der Waals surface area contributed by atoms with E-state index in [-0.39, 0.29) is 23.5 Å². The van der Waals surface area contributed by atoms with Gasteiger partial charge in [-0.3, -0.25) is 9.69 Å². The lowest BCUT2D eigenvalue weighted by Crippen LogP contribution is -2.48. The van der Waals surface area contributed by atoms with E-state index in [4.69, 9.17) is 16.3 Å². The van der Waals surface area contributed by atoms with Crippen LogP contribution < -0.4 is 10.1 Å². The summed E-state index contributed by atoms with van der Waals surface area (Å²) in [5.41, 5.74) is 2.01. The summed E-state index contributed by atoms with van der Waals surface area (Å²) in [6.45, 7) is 6.91. The number of benzene rings is 2. The van der Waals surface area contributed by atoms with Crippen LogP contribution in [0.15, 0.2) is 48.5 Å². The number of para-hydroxylation sites is 1. The number of fused-ring (bicyclic) bond motifs is 1. The third-order valence-electron chi connectivity index (χ3n) is 7.03. The Balaban J connectivity index is 1.45. The summed E-state index contributed by atoms with van der Waals surface area (Å²) in [4.78, 5) is 15.7. The lowest BCUT2D eigenvalue weighted by molar-refractivity contribution is -0.128. The summed E-state index contributed by atoms with van der Waals surface area (Å²) < 4.78 is 6.40. The van der Waals surface area contributed by atoms with Gasteiger partial charge in [0.15, 0.2) is 0 Å². The Morgan fingerprint density at radius 1 is 1.16 bits per heavy atom. The molecule has 0 aliphatic carbocycles. The number of ether oxygens (including phenoxy) is 1. The van der Waals surface area contributed by atoms with Crippen LogP contribution in [0.1, 0.15) is 63.1 Å². The molecule has 2 aliphatic rings. The van der Waals surface area contributed by atoms with E-state index in [1.54, 1.807) is 0 Å². The summed E-state index contributed by atoms with van der Waals surface area (Å²) in [5.74, 6) is 1.07. The van der Waals surface area contributed by atoms with Gasteiger partial charge in [-0.05, 0) is 49.9 Å². The third-order valence-corrected chi connectivity index (χ3v) is 7.40. The van der Waals surface area contributed by atoms with E-state index in [0.29, 0.717) is 0 Å². The summed E-state index contributed by atoms with van der Waals surface area (Å²) in [7, 11) is 0. The van der Waals surface area contributed by atoms with Crippen molar-refractivity contribution in [1.29, 1.82) is 0 Å². The Kier molecular flexibility index (Phi) is 6.88. The number of hydrogen-bond acceptors (Lipinski definition) is 3. The molecule has 0 radical (unpaired) electrons. The van der Waals surface area contributed by atoms with Crippen LogP contribution in [0.5, 0.6) is 5.75 Å². The van der Waals surface area contributed by atoms with Gasteiger partial charge in [-0.25, -0.2) is 0 Å². The van der Waals surface area contributed by atoms with Crippen LogP contribution in [0.4, 0.5) is 0 Å². The Bertz CT molecular complexity index is 912. The van der Waals surface area contributed by atoms with Gasteiger partial charge in [0.25, 0.3) is 0 Å². The highest BCUT2D eigenvalue weighted by Gasteiger charge is 2.39. The Labute approximate surface area is 190 Å². The van der Waals surface area contributed by atoms with E-state index in [1.165, 1.54) is 0 Å². The molecule has 4 rings (SSSR count). The molecule has 0 aromatic heterocycles. The molecular formula is C26H33ClN2O2. The largest absolute Gasteiger partial charge is 0.487 e. The SMILES string of the molecule is CCC1(CC)CC(NC(=O)C2CCCN(Cc3ccccc3Cl)C2)c2ccccc2O1. The maximum Gasteiger partial charge on any atom is 0.224 e. The molecular weight excluding hydrogens is 408 g/mol. The van der Waals surface area contributed by atoms with Crippen LogP contribution in [0.3, 0.4) is 0 Å². The lowest BCUT2D eigenvalue weighted by Gasteiger charge is -2.42. The minimum absolute atomic E-state index is 0.00343. The van der Waals surface area contributed by atoms with Crippen LogP contribution in [0, 0.1) is 5.92 Å². The summed E-state index contributed by atoms with van der Waals surface area (Å²) in [6, 6.07) is 16.1. The zero-order valence-electron chi connectivity index (χ0n) is 18.6. The van der Waals surface area contributed by atoms with Crippen LogP contribution in [-0.4, -0.2) is 29.5 Å². The van der Waals surface area contributed by atoms with Crippen molar-refractivity contribution >= 4 is 17.5 Å². The zero-order chi connectivity index (χ0) is 21.8. The van der Waals surface area contributed by atoms with Crippen molar-refractivity contribution in [3.8, 4) is 5.75 Å². The van der Waals surface area contributed by atoms with Crippen molar-refractivity contribution in [1.82, 2.24) is 10.2 Å². The number of nitrogens with one attached hydrogen (secondary N) is 1. The molecule has 0 spiro atoms. The molecule has 2 heterocycles. The van der Waals surface area contributed by atoms with Crippen molar-refractivity contribution in [2.75, 3.05) is 13.1 Å². The van der Waals surface area contributed by atoms with Crippen molar-refractivity contribution in [3.63, 3.8) is 0 Å². The smallest absolute Gasteiger partial charge is 0.224 e. The monoisotopic (exact) mass is 440 g/mol. The van der Waals surface area contributed by atoms with E-state index in [0.717, 1.165) is 73.6 Å². The first kappa shape index (κ1) is 22.2. The maximum atomic E-state index is 13.3. The van der Waals surface area contributed by atoms with Crippen LogP contribution in [0.25, 0.3) is 0 Å². The van der Waals surface area contributed by atoms with Gasteiger partial charge in [-0.1, -0.05) is 61.8 Å². The highest BCUT2D eigenvalue weighted by Crippen LogP contribution is 2.42. The molecule has 31 heavy (non-hydrogen) atoms. The third kappa shape index (κ3) is 4.91. The second-order valence-corrected chi connectivity index (χ2v) is 9.37. The van der Waals surface area contributed by atoms with Gasteiger partial charge in [0.05, 0.1) is 12.0 Å². The van der Waals surface area contributed by atoms with Crippen molar-refractivity contribution in [3.05, 3.63) is 64.7 Å². The number of carbonyl (C=O) groups excluding carboxylic acids is 1. The fourth-order valence-electron chi connectivity index (χ4n) is 5.00. The van der Waals surface area contributed by atoms with Gasteiger partial charge in [-0.15, -0.1) is 0 Å². The van der Waals surface area contributed by atoms with Gasteiger partial charge in [0.1, 0.15) is 11.4 Å². The number of halogens is 1. The molecule has 2 aromatic carbocycles. The second kappa shape index (κ2) is 9.62. The summed E-state index contributed by atoms with van der Waals surface area (Å²) in [6.07, 6.45) is 4.64. The van der Waals surface area contributed by atoms with E-state index in [9.17, 15) is 4.79 Å².